The Labute approximate surface area is 176 Å². The van der Waals surface area contributed by atoms with E-state index in [2.05, 4.69) is 15.5 Å². The monoisotopic (exact) mass is 427 g/mol. The lowest BCUT2D eigenvalue weighted by Crippen LogP contribution is -2.42. The summed E-state index contributed by atoms with van der Waals surface area (Å²) in [5.41, 5.74) is 3.20. The molecule has 0 bridgehead atoms. The first kappa shape index (κ1) is 20.5. The van der Waals surface area contributed by atoms with Gasteiger partial charge in [-0.1, -0.05) is 23.8 Å². The van der Waals surface area contributed by atoms with E-state index in [0.717, 1.165) is 16.7 Å². The third kappa shape index (κ3) is 3.70. The minimum Gasteiger partial charge on any atom is -0.294 e. The highest BCUT2D eigenvalue weighted by Crippen LogP contribution is 2.29. The number of carbonyl (C=O) groups excluding carboxylic acids is 1. The molecular formula is C21H25N5O3S. The van der Waals surface area contributed by atoms with Gasteiger partial charge in [-0.15, -0.1) is 10.2 Å². The van der Waals surface area contributed by atoms with E-state index in [1.807, 2.05) is 45.0 Å². The lowest BCUT2D eigenvalue weighted by Gasteiger charge is -2.31. The molecule has 30 heavy (non-hydrogen) atoms. The first-order chi connectivity index (χ1) is 14.3. The van der Waals surface area contributed by atoms with Gasteiger partial charge in [0.05, 0.1) is 4.90 Å². The van der Waals surface area contributed by atoms with Crippen molar-refractivity contribution in [2.75, 3.05) is 18.4 Å². The molecule has 3 heterocycles. The molecular weight excluding hydrogens is 402 g/mol. The number of rotatable bonds is 4. The summed E-state index contributed by atoms with van der Waals surface area (Å²) >= 11 is 0. The quantitative estimate of drug-likeness (QED) is 0.691. The van der Waals surface area contributed by atoms with Crippen LogP contribution in [-0.2, 0) is 14.8 Å². The standard InChI is InChI=1S/C21H25N5O3S/c1-14-12-15(2)19(16(3)13-14)30(28,29)25-10-7-17(8-11-25)20(27)22-21-24-23-18-6-4-5-9-26(18)21/h4-6,9,12-13,17H,7-8,10-11H2,1-3H3,(H,22,24,27). The summed E-state index contributed by atoms with van der Waals surface area (Å²) < 4.78 is 29.6. The molecule has 1 N–H and O–H groups in total. The molecule has 0 unspecified atom stereocenters. The molecule has 0 spiro atoms. The van der Waals surface area contributed by atoms with Crippen LogP contribution < -0.4 is 5.32 Å². The molecule has 9 heteroatoms. The van der Waals surface area contributed by atoms with Gasteiger partial charge in [-0.25, -0.2) is 8.42 Å². The highest BCUT2D eigenvalue weighted by Gasteiger charge is 2.34. The van der Waals surface area contributed by atoms with E-state index in [1.54, 1.807) is 16.7 Å². The Hall–Kier alpha value is -2.78. The molecule has 1 aliphatic heterocycles. The van der Waals surface area contributed by atoms with E-state index >= 15 is 0 Å². The second-order valence-electron chi connectivity index (χ2n) is 7.85. The van der Waals surface area contributed by atoms with Crippen molar-refractivity contribution in [2.24, 2.45) is 5.92 Å². The third-order valence-corrected chi connectivity index (χ3v) is 7.78. The number of amides is 1. The molecule has 1 amide bonds. The van der Waals surface area contributed by atoms with Crippen LogP contribution in [0.2, 0.25) is 0 Å². The van der Waals surface area contributed by atoms with E-state index in [0.29, 0.717) is 42.4 Å². The number of benzene rings is 1. The Morgan fingerprint density at radius 1 is 1.07 bits per heavy atom. The summed E-state index contributed by atoms with van der Waals surface area (Å²) in [7, 11) is -3.59. The number of pyridine rings is 1. The van der Waals surface area contributed by atoms with Crippen molar-refractivity contribution in [2.45, 2.75) is 38.5 Å². The Morgan fingerprint density at radius 3 is 2.40 bits per heavy atom. The van der Waals surface area contributed by atoms with Crippen LogP contribution in [0.4, 0.5) is 5.95 Å². The number of carbonyl (C=O) groups is 1. The second kappa shape index (κ2) is 7.81. The van der Waals surface area contributed by atoms with Crippen LogP contribution in [0.15, 0.2) is 41.4 Å². The fourth-order valence-corrected chi connectivity index (χ4v) is 6.08. The van der Waals surface area contributed by atoms with Crippen LogP contribution in [0, 0.1) is 26.7 Å². The van der Waals surface area contributed by atoms with Gasteiger partial charge in [0.25, 0.3) is 0 Å². The number of nitrogens with one attached hydrogen (secondary N) is 1. The Balaban J connectivity index is 1.45. The number of aromatic nitrogens is 3. The molecule has 1 aliphatic rings. The molecule has 1 aromatic carbocycles. The Morgan fingerprint density at radius 2 is 1.73 bits per heavy atom. The minimum atomic E-state index is -3.59. The summed E-state index contributed by atoms with van der Waals surface area (Å²) in [4.78, 5) is 13.1. The molecule has 8 nitrogen and oxygen atoms in total. The van der Waals surface area contributed by atoms with Gasteiger partial charge in [-0.2, -0.15) is 4.31 Å². The van der Waals surface area contributed by atoms with Crippen molar-refractivity contribution in [3.8, 4) is 0 Å². The predicted molar refractivity (Wildman–Crippen MR) is 114 cm³/mol. The summed E-state index contributed by atoms with van der Waals surface area (Å²) in [6.45, 7) is 6.24. The number of fused-ring (bicyclic) bond motifs is 1. The molecule has 1 fully saturated rings. The SMILES string of the molecule is Cc1cc(C)c(S(=O)(=O)N2CCC(C(=O)Nc3nnc4ccccn34)CC2)c(C)c1. The van der Waals surface area contributed by atoms with Gasteiger partial charge in [0.15, 0.2) is 5.65 Å². The lowest BCUT2D eigenvalue weighted by atomic mass is 9.97. The molecule has 2 aromatic heterocycles. The molecule has 0 saturated carbocycles. The second-order valence-corrected chi connectivity index (χ2v) is 9.72. The largest absolute Gasteiger partial charge is 0.294 e. The van der Waals surface area contributed by atoms with Gasteiger partial charge in [0, 0.05) is 25.2 Å². The zero-order valence-electron chi connectivity index (χ0n) is 17.3. The van der Waals surface area contributed by atoms with Gasteiger partial charge in [0.2, 0.25) is 21.9 Å². The highest BCUT2D eigenvalue weighted by atomic mass is 32.2. The molecule has 0 radical (unpaired) electrons. The average Bonchev–Trinajstić information content (AvgIpc) is 3.10. The zero-order chi connectivity index (χ0) is 21.5. The molecule has 0 aliphatic carbocycles. The van der Waals surface area contributed by atoms with Crippen LogP contribution >= 0.6 is 0 Å². The lowest BCUT2D eigenvalue weighted by molar-refractivity contribution is -0.121. The maximum atomic E-state index is 13.2. The summed E-state index contributed by atoms with van der Waals surface area (Å²) in [6.07, 6.45) is 2.71. The summed E-state index contributed by atoms with van der Waals surface area (Å²) in [5, 5.41) is 10.9. The number of aryl methyl sites for hydroxylation is 3. The van der Waals surface area contributed by atoms with Crippen LogP contribution in [0.1, 0.15) is 29.5 Å². The predicted octanol–water partition coefficient (Wildman–Crippen LogP) is 2.69. The van der Waals surface area contributed by atoms with E-state index in [-0.39, 0.29) is 11.8 Å². The maximum absolute atomic E-state index is 13.2. The first-order valence-corrected chi connectivity index (χ1v) is 11.4. The van der Waals surface area contributed by atoms with Crippen molar-refractivity contribution in [1.29, 1.82) is 0 Å². The average molecular weight is 428 g/mol. The van der Waals surface area contributed by atoms with Crippen molar-refractivity contribution < 1.29 is 13.2 Å². The van der Waals surface area contributed by atoms with E-state index in [4.69, 9.17) is 0 Å². The van der Waals surface area contributed by atoms with Crippen molar-refractivity contribution in [3.05, 3.63) is 53.2 Å². The van der Waals surface area contributed by atoms with E-state index in [9.17, 15) is 13.2 Å². The van der Waals surface area contributed by atoms with Crippen LogP contribution in [0.25, 0.3) is 5.65 Å². The fourth-order valence-electron chi connectivity index (χ4n) is 4.20. The van der Waals surface area contributed by atoms with Crippen LogP contribution in [0.5, 0.6) is 0 Å². The molecule has 1 saturated heterocycles. The maximum Gasteiger partial charge on any atom is 0.243 e. The molecule has 3 aromatic rings. The number of piperidine rings is 1. The number of sulfonamides is 1. The van der Waals surface area contributed by atoms with Gasteiger partial charge in [-0.3, -0.25) is 14.5 Å². The van der Waals surface area contributed by atoms with Crippen molar-refractivity contribution >= 4 is 27.5 Å². The fraction of sp³-hybridized carbons (Fsp3) is 0.381. The number of hydrogen-bond acceptors (Lipinski definition) is 5. The first-order valence-electron chi connectivity index (χ1n) is 9.96. The topological polar surface area (TPSA) is 96.7 Å². The highest BCUT2D eigenvalue weighted by molar-refractivity contribution is 7.89. The molecule has 0 atom stereocenters. The Bertz CT molecular complexity index is 1190. The van der Waals surface area contributed by atoms with E-state index < -0.39 is 10.0 Å². The van der Waals surface area contributed by atoms with Gasteiger partial charge < -0.3 is 0 Å². The number of anilines is 1. The number of hydrogen-bond donors (Lipinski definition) is 1. The van der Waals surface area contributed by atoms with Gasteiger partial charge >= 0.3 is 0 Å². The van der Waals surface area contributed by atoms with Gasteiger partial charge in [-0.05, 0) is 56.9 Å². The van der Waals surface area contributed by atoms with Crippen LogP contribution in [0.3, 0.4) is 0 Å². The summed E-state index contributed by atoms with van der Waals surface area (Å²) in [6, 6.07) is 9.28. The normalized spacial score (nSPS) is 16.1. The van der Waals surface area contributed by atoms with Crippen molar-refractivity contribution in [3.63, 3.8) is 0 Å². The third-order valence-electron chi connectivity index (χ3n) is 5.58. The number of nitrogens with zero attached hydrogens (tertiary/aromatic N) is 4. The summed E-state index contributed by atoms with van der Waals surface area (Å²) in [5.74, 6) is -0.0582. The molecule has 4 rings (SSSR count). The Kier molecular flexibility index (Phi) is 5.33. The van der Waals surface area contributed by atoms with Gasteiger partial charge in [0.1, 0.15) is 0 Å². The van der Waals surface area contributed by atoms with Crippen LogP contribution in [-0.4, -0.2) is 46.3 Å². The van der Waals surface area contributed by atoms with Crippen molar-refractivity contribution in [1.82, 2.24) is 18.9 Å². The minimum absolute atomic E-state index is 0.159. The van der Waals surface area contributed by atoms with E-state index in [1.165, 1.54) is 4.31 Å². The smallest absolute Gasteiger partial charge is 0.243 e. The molecule has 158 valence electrons. The zero-order valence-corrected chi connectivity index (χ0v) is 18.1.